The Kier molecular flexibility index (Phi) is 7.42. The van der Waals surface area contributed by atoms with Gasteiger partial charge in [0.1, 0.15) is 18.8 Å². The van der Waals surface area contributed by atoms with Gasteiger partial charge >= 0.3 is 12.1 Å². The summed E-state index contributed by atoms with van der Waals surface area (Å²) in [7, 11) is 1.53. The molecule has 3 aromatic carbocycles. The lowest BCUT2D eigenvalue weighted by atomic mass is 10.1. The minimum absolute atomic E-state index is 0.128. The lowest BCUT2D eigenvalue weighted by molar-refractivity contribution is -0.856. The monoisotopic (exact) mass is 540 g/mol. The van der Waals surface area contributed by atoms with Gasteiger partial charge in [0.25, 0.3) is 0 Å². The number of likely N-dealkylation sites (N-methyl/N-ethyl adjacent to an activating group) is 1. The summed E-state index contributed by atoms with van der Waals surface area (Å²) >= 11 is 3.53. The molecule has 7 nitrogen and oxygen atoms in total. The van der Waals surface area contributed by atoms with E-state index < -0.39 is 5.97 Å². The average molecular weight is 541 g/mol. The van der Waals surface area contributed by atoms with Crippen LogP contribution in [0.3, 0.4) is 0 Å². The fourth-order valence-electron chi connectivity index (χ4n) is 4.30. The van der Waals surface area contributed by atoms with E-state index in [0.29, 0.717) is 42.4 Å². The molecule has 0 spiro atoms. The van der Waals surface area contributed by atoms with Crippen molar-refractivity contribution >= 4 is 28.0 Å². The van der Waals surface area contributed by atoms with Gasteiger partial charge in [0.05, 0.1) is 25.6 Å². The van der Waals surface area contributed by atoms with Crippen LogP contribution in [-0.2, 0) is 22.5 Å². The molecule has 4 rings (SSSR count). The highest BCUT2D eigenvalue weighted by Gasteiger charge is 2.49. The van der Waals surface area contributed by atoms with E-state index in [1.165, 1.54) is 7.11 Å². The summed E-state index contributed by atoms with van der Waals surface area (Å²) in [4.78, 5) is 24.3. The number of carboxylic acid groups (broad SMARTS) is 1. The van der Waals surface area contributed by atoms with Crippen molar-refractivity contribution in [2.75, 3.05) is 20.2 Å². The molecule has 0 saturated carbocycles. The molecule has 0 bridgehead atoms. The molecular weight excluding hydrogens is 514 g/mol. The minimum atomic E-state index is -0.930. The first-order valence-corrected chi connectivity index (χ1v) is 12.1. The molecule has 1 N–H and O–H groups in total. The molecule has 1 aliphatic rings. The summed E-state index contributed by atoms with van der Waals surface area (Å²) in [6, 6.07) is 20.4. The first-order chi connectivity index (χ1) is 16.8. The van der Waals surface area contributed by atoms with Crippen LogP contribution in [0, 0.1) is 0 Å². The Balaban J connectivity index is 1.65. The van der Waals surface area contributed by atoms with Crippen LogP contribution in [0.2, 0.25) is 0 Å². The maximum atomic E-state index is 13.1. The highest BCUT2D eigenvalue weighted by atomic mass is 79.9. The number of quaternary nitrogens is 1. The van der Waals surface area contributed by atoms with Gasteiger partial charge in [0.15, 0.2) is 17.6 Å². The van der Waals surface area contributed by atoms with Gasteiger partial charge in [-0.15, -0.1) is 0 Å². The number of halogens is 1. The summed E-state index contributed by atoms with van der Waals surface area (Å²) in [6.45, 7) is 3.43. The standard InChI is InChI=1S/C27H26BrNO6/c1-3-29(17-25(35-27(29)32)19-7-5-4-6-8-19)16-20-15-21(28)10-12-22(20)34-24-13-18(14-26(30)31)9-11-23(24)33-2/h4-13,15,25H,3,14,16-17H2,1-2H3/p+1/t25-,29?/m1/s1. The fourth-order valence-corrected chi connectivity index (χ4v) is 4.71. The highest BCUT2D eigenvalue weighted by molar-refractivity contribution is 9.10. The molecule has 2 atom stereocenters. The number of hydrogen-bond acceptors (Lipinski definition) is 5. The molecule has 0 aliphatic carbocycles. The van der Waals surface area contributed by atoms with Crippen LogP contribution in [0.5, 0.6) is 17.2 Å². The van der Waals surface area contributed by atoms with Crippen molar-refractivity contribution in [2.45, 2.75) is 26.0 Å². The van der Waals surface area contributed by atoms with Gasteiger partial charge in [-0.1, -0.05) is 52.3 Å². The molecule has 8 heteroatoms. The highest BCUT2D eigenvalue weighted by Crippen LogP contribution is 2.39. The zero-order chi connectivity index (χ0) is 25.0. The average Bonchev–Trinajstić information content (AvgIpc) is 3.17. The first-order valence-electron chi connectivity index (χ1n) is 11.3. The van der Waals surface area contributed by atoms with Gasteiger partial charge in [-0.25, -0.2) is 4.48 Å². The molecule has 1 aliphatic heterocycles. The normalized spacial score (nSPS) is 19.3. The number of rotatable bonds is 9. The van der Waals surface area contributed by atoms with E-state index in [0.717, 1.165) is 15.6 Å². The van der Waals surface area contributed by atoms with E-state index in [1.807, 2.05) is 55.5 Å². The third-order valence-electron chi connectivity index (χ3n) is 6.22. The van der Waals surface area contributed by atoms with Crippen LogP contribution in [0.1, 0.15) is 29.7 Å². The van der Waals surface area contributed by atoms with Gasteiger partial charge in [-0.3, -0.25) is 4.79 Å². The summed E-state index contributed by atoms with van der Waals surface area (Å²) in [5.74, 6) is 0.516. The summed E-state index contributed by atoms with van der Waals surface area (Å²) in [6.07, 6.45) is -0.711. The number of hydrogen-bond donors (Lipinski definition) is 1. The molecule has 1 heterocycles. The van der Waals surface area contributed by atoms with E-state index in [1.54, 1.807) is 18.2 Å². The number of methoxy groups -OCH3 is 1. The zero-order valence-electron chi connectivity index (χ0n) is 19.6. The lowest BCUT2D eigenvalue weighted by Gasteiger charge is -2.28. The third-order valence-corrected chi connectivity index (χ3v) is 6.71. The maximum absolute atomic E-state index is 13.1. The van der Waals surface area contributed by atoms with Crippen molar-refractivity contribution in [2.24, 2.45) is 0 Å². The molecule has 3 aromatic rings. The Morgan fingerprint density at radius 1 is 1.09 bits per heavy atom. The Hall–Kier alpha value is -3.36. The van der Waals surface area contributed by atoms with Crippen LogP contribution in [0.25, 0.3) is 0 Å². The molecule has 0 radical (unpaired) electrons. The number of amides is 1. The first kappa shape index (κ1) is 24.8. The summed E-state index contributed by atoms with van der Waals surface area (Å²) in [5.41, 5.74) is 2.38. The van der Waals surface area contributed by atoms with Crippen LogP contribution in [-0.4, -0.2) is 41.9 Å². The van der Waals surface area contributed by atoms with Crippen LogP contribution in [0.4, 0.5) is 4.79 Å². The predicted octanol–water partition coefficient (Wildman–Crippen LogP) is 6.11. The van der Waals surface area contributed by atoms with E-state index >= 15 is 0 Å². The van der Waals surface area contributed by atoms with Gasteiger partial charge < -0.3 is 19.3 Å². The number of ether oxygens (including phenoxy) is 3. The molecule has 1 unspecified atom stereocenters. The van der Waals surface area contributed by atoms with Crippen molar-refractivity contribution in [3.05, 3.63) is 87.9 Å². The van der Waals surface area contributed by atoms with Crippen molar-refractivity contribution < 1.29 is 33.4 Å². The fraction of sp³-hybridized carbons (Fsp3) is 0.259. The van der Waals surface area contributed by atoms with Gasteiger partial charge in [0.2, 0.25) is 0 Å². The summed E-state index contributed by atoms with van der Waals surface area (Å²) < 4.78 is 18.5. The Labute approximate surface area is 212 Å². The van der Waals surface area contributed by atoms with Crippen LogP contribution >= 0.6 is 15.9 Å². The zero-order valence-corrected chi connectivity index (χ0v) is 21.2. The number of carbonyl (C=O) groups excluding carboxylic acids is 1. The third kappa shape index (κ3) is 5.49. The van der Waals surface area contributed by atoms with E-state index in [9.17, 15) is 9.59 Å². The molecule has 1 fully saturated rings. The smallest absolute Gasteiger partial charge is 0.493 e. The minimum Gasteiger partial charge on any atom is -0.493 e. The van der Waals surface area contributed by atoms with Crippen molar-refractivity contribution in [3.8, 4) is 17.2 Å². The number of cyclic esters (lactones) is 1. The van der Waals surface area contributed by atoms with Crippen LogP contribution in [0.15, 0.2) is 71.2 Å². The van der Waals surface area contributed by atoms with Crippen molar-refractivity contribution in [1.82, 2.24) is 0 Å². The second-order valence-corrected chi connectivity index (χ2v) is 9.41. The number of carboxylic acids is 1. The SMILES string of the molecule is CC[N+]1(Cc2cc(Br)ccc2Oc2cc(CC(=O)O)ccc2OC)C[C@H](c2ccccc2)OC1=O. The maximum Gasteiger partial charge on any atom is 0.517 e. The summed E-state index contributed by atoms with van der Waals surface area (Å²) in [5, 5.41) is 9.17. The molecule has 1 saturated heterocycles. The number of carbonyl (C=O) groups is 2. The van der Waals surface area contributed by atoms with Crippen LogP contribution < -0.4 is 9.47 Å². The van der Waals surface area contributed by atoms with Gasteiger partial charge in [-0.05, 0) is 48.4 Å². The Morgan fingerprint density at radius 2 is 1.83 bits per heavy atom. The quantitative estimate of drug-likeness (QED) is 0.330. The van der Waals surface area contributed by atoms with E-state index in [-0.39, 0.29) is 23.1 Å². The number of nitrogens with zero attached hydrogens (tertiary/aromatic N) is 1. The lowest BCUT2D eigenvalue weighted by Crippen LogP contribution is -2.48. The molecule has 35 heavy (non-hydrogen) atoms. The Bertz CT molecular complexity index is 1230. The number of aliphatic carboxylic acids is 1. The van der Waals surface area contributed by atoms with Crippen molar-refractivity contribution in [1.29, 1.82) is 0 Å². The number of benzene rings is 3. The Morgan fingerprint density at radius 3 is 2.51 bits per heavy atom. The second-order valence-electron chi connectivity index (χ2n) is 8.49. The second kappa shape index (κ2) is 10.5. The molecular formula is C27H27BrNO6+. The van der Waals surface area contributed by atoms with Gasteiger partial charge in [-0.2, -0.15) is 4.79 Å². The van der Waals surface area contributed by atoms with E-state index in [2.05, 4.69) is 15.9 Å². The van der Waals surface area contributed by atoms with Gasteiger partial charge in [0, 0.05) is 4.47 Å². The molecule has 1 amide bonds. The molecule has 0 aromatic heterocycles. The molecule has 182 valence electrons. The topological polar surface area (TPSA) is 82.1 Å². The largest absolute Gasteiger partial charge is 0.517 e. The van der Waals surface area contributed by atoms with Crippen molar-refractivity contribution in [3.63, 3.8) is 0 Å². The van der Waals surface area contributed by atoms with E-state index in [4.69, 9.17) is 19.3 Å². The predicted molar refractivity (Wildman–Crippen MR) is 134 cm³/mol.